The van der Waals surface area contributed by atoms with Crippen LogP contribution in [0.3, 0.4) is 0 Å². The summed E-state index contributed by atoms with van der Waals surface area (Å²) in [6.45, 7) is 1.89. The minimum atomic E-state index is -0.332. The van der Waals surface area contributed by atoms with Gasteiger partial charge in [-0.25, -0.2) is 0 Å². The van der Waals surface area contributed by atoms with Gasteiger partial charge in [-0.1, -0.05) is 24.3 Å². The lowest BCUT2D eigenvalue weighted by atomic mass is 10.1. The molecule has 1 aliphatic rings. The summed E-state index contributed by atoms with van der Waals surface area (Å²) in [4.78, 5) is 36.0. The van der Waals surface area contributed by atoms with E-state index in [9.17, 15) is 14.4 Å². The SMILES string of the molecule is COc1ccc(CNC(=O)C2CC2C(=O)Nc2cccc(C(C)=O)c2)cc1. The Morgan fingerprint density at radius 2 is 1.74 bits per heavy atom. The van der Waals surface area contributed by atoms with Crippen LogP contribution in [0.2, 0.25) is 0 Å². The average Bonchev–Trinajstić information content (AvgIpc) is 3.48. The first kappa shape index (κ1) is 18.6. The normalized spacial score (nSPS) is 17.7. The van der Waals surface area contributed by atoms with Gasteiger partial charge in [-0.2, -0.15) is 0 Å². The molecule has 2 unspecified atom stereocenters. The fourth-order valence-electron chi connectivity index (χ4n) is 2.89. The molecule has 1 saturated carbocycles. The van der Waals surface area contributed by atoms with E-state index < -0.39 is 0 Å². The molecule has 0 saturated heterocycles. The maximum Gasteiger partial charge on any atom is 0.228 e. The summed E-state index contributed by atoms with van der Waals surface area (Å²) >= 11 is 0. The number of amides is 2. The Labute approximate surface area is 157 Å². The van der Waals surface area contributed by atoms with E-state index in [1.807, 2.05) is 24.3 Å². The minimum absolute atomic E-state index is 0.0618. The highest BCUT2D eigenvalue weighted by atomic mass is 16.5. The number of methoxy groups -OCH3 is 1. The third kappa shape index (κ3) is 4.73. The Morgan fingerprint density at radius 1 is 1.04 bits per heavy atom. The van der Waals surface area contributed by atoms with Gasteiger partial charge in [0.1, 0.15) is 5.75 Å². The molecule has 0 bridgehead atoms. The van der Waals surface area contributed by atoms with Crippen molar-refractivity contribution in [3.05, 3.63) is 59.7 Å². The molecule has 6 nitrogen and oxygen atoms in total. The molecule has 3 rings (SSSR count). The molecule has 0 aromatic heterocycles. The van der Waals surface area contributed by atoms with Crippen LogP contribution >= 0.6 is 0 Å². The zero-order valence-electron chi connectivity index (χ0n) is 15.3. The molecule has 1 aliphatic carbocycles. The Balaban J connectivity index is 1.49. The molecule has 0 aliphatic heterocycles. The lowest BCUT2D eigenvalue weighted by molar-refractivity contribution is -0.125. The van der Waals surface area contributed by atoms with Crippen molar-refractivity contribution in [1.29, 1.82) is 0 Å². The van der Waals surface area contributed by atoms with E-state index in [2.05, 4.69) is 10.6 Å². The lowest BCUT2D eigenvalue weighted by Crippen LogP contribution is -2.27. The van der Waals surface area contributed by atoms with Gasteiger partial charge in [-0.3, -0.25) is 14.4 Å². The van der Waals surface area contributed by atoms with E-state index in [1.54, 1.807) is 31.4 Å². The number of nitrogens with one attached hydrogen (secondary N) is 2. The Bertz CT molecular complexity index is 861. The smallest absolute Gasteiger partial charge is 0.228 e. The van der Waals surface area contributed by atoms with Crippen molar-refractivity contribution in [2.24, 2.45) is 11.8 Å². The van der Waals surface area contributed by atoms with Crippen molar-refractivity contribution in [3.63, 3.8) is 0 Å². The molecule has 0 heterocycles. The molecule has 6 heteroatoms. The first-order valence-corrected chi connectivity index (χ1v) is 8.80. The van der Waals surface area contributed by atoms with Crippen LogP contribution in [-0.2, 0) is 16.1 Å². The topological polar surface area (TPSA) is 84.5 Å². The lowest BCUT2D eigenvalue weighted by Gasteiger charge is -2.07. The first-order chi connectivity index (χ1) is 13.0. The number of anilines is 1. The Hall–Kier alpha value is -3.15. The van der Waals surface area contributed by atoms with Gasteiger partial charge in [0.05, 0.1) is 18.9 Å². The van der Waals surface area contributed by atoms with Crippen LogP contribution in [0.4, 0.5) is 5.69 Å². The summed E-state index contributed by atoms with van der Waals surface area (Å²) in [5.41, 5.74) is 2.07. The highest BCUT2D eigenvalue weighted by Gasteiger charge is 2.47. The number of carbonyl (C=O) groups is 3. The van der Waals surface area contributed by atoms with E-state index in [4.69, 9.17) is 4.74 Å². The largest absolute Gasteiger partial charge is 0.497 e. The van der Waals surface area contributed by atoms with Gasteiger partial charge in [-0.15, -0.1) is 0 Å². The van der Waals surface area contributed by atoms with Gasteiger partial charge in [0.15, 0.2) is 5.78 Å². The monoisotopic (exact) mass is 366 g/mol. The number of hydrogen-bond acceptors (Lipinski definition) is 4. The molecule has 27 heavy (non-hydrogen) atoms. The zero-order valence-corrected chi connectivity index (χ0v) is 15.3. The highest BCUT2D eigenvalue weighted by Crippen LogP contribution is 2.39. The second-order valence-electron chi connectivity index (χ2n) is 6.64. The number of Topliss-reactive ketones (excluding diaryl/α,β-unsaturated/α-hetero) is 1. The number of carbonyl (C=O) groups excluding carboxylic acids is 3. The molecule has 2 aromatic rings. The van der Waals surface area contributed by atoms with E-state index in [0.29, 0.717) is 24.2 Å². The minimum Gasteiger partial charge on any atom is -0.497 e. The molecule has 0 radical (unpaired) electrons. The zero-order chi connectivity index (χ0) is 19.4. The predicted octanol–water partition coefficient (Wildman–Crippen LogP) is 2.79. The molecule has 0 spiro atoms. The summed E-state index contributed by atoms with van der Waals surface area (Å²) in [6, 6.07) is 14.2. The van der Waals surface area contributed by atoms with Crippen LogP contribution in [0.1, 0.15) is 29.3 Å². The number of rotatable bonds is 7. The summed E-state index contributed by atoms with van der Waals surface area (Å²) in [5.74, 6) is -0.254. The molecule has 2 N–H and O–H groups in total. The van der Waals surface area contributed by atoms with Gasteiger partial charge < -0.3 is 15.4 Å². The summed E-state index contributed by atoms with van der Waals surface area (Å²) in [6.07, 6.45) is 0.534. The van der Waals surface area contributed by atoms with Crippen LogP contribution in [-0.4, -0.2) is 24.7 Å². The van der Waals surface area contributed by atoms with Gasteiger partial charge >= 0.3 is 0 Å². The van der Waals surface area contributed by atoms with Gasteiger partial charge in [0, 0.05) is 17.8 Å². The van der Waals surface area contributed by atoms with E-state index in [0.717, 1.165) is 11.3 Å². The fraction of sp³-hybridized carbons (Fsp3) is 0.286. The number of ether oxygens (including phenoxy) is 1. The second-order valence-corrected chi connectivity index (χ2v) is 6.64. The van der Waals surface area contributed by atoms with Crippen LogP contribution in [0, 0.1) is 11.8 Å². The van der Waals surface area contributed by atoms with Crippen LogP contribution in [0.5, 0.6) is 5.75 Å². The maximum atomic E-state index is 12.3. The Morgan fingerprint density at radius 3 is 2.41 bits per heavy atom. The standard InChI is InChI=1S/C21H22N2O4/c1-13(24)15-4-3-5-16(10-15)23-21(26)19-11-18(19)20(25)22-12-14-6-8-17(27-2)9-7-14/h3-10,18-19H,11-12H2,1-2H3,(H,22,25)(H,23,26). The molecule has 2 aromatic carbocycles. The third-order valence-corrected chi connectivity index (χ3v) is 4.63. The van der Waals surface area contributed by atoms with Gasteiger partial charge in [0.2, 0.25) is 11.8 Å². The summed E-state index contributed by atoms with van der Waals surface area (Å²) in [7, 11) is 1.60. The van der Waals surface area contributed by atoms with Gasteiger partial charge in [0.25, 0.3) is 0 Å². The third-order valence-electron chi connectivity index (χ3n) is 4.63. The fourth-order valence-corrected chi connectivity index (χ4v) is 2.89. The molecule has 1 fully saturated rings. The van der Waals surface area contributed by atoms with Crippen molar-refractivity contribution < 1.29 is 19.1 Å². The number of hydrogen-bond donors (Lipinski definition) is 2. The molecule has 2 atom stereocenters. The van der Waals surface area contributed by atoms with E-state index in [1.165, 1.54) is 6.92 Å². The number of ketones is 1. The quantitative estimate of drug-likeness (QED) is 0.738. The Kier molecular flexibility index (Phi) is 5.54. The van der Waals surface area contributed by atoms with Gasteiger partial charge in [-0.05, 0) is 43.2 Å². The summed E-state index contributed by atoms with van der Waals surface area (Å²) < 4.78 is 5.10. The number of benzene rings is 2. The molecule has 2 amide bonds. The molecular formula is C21H22N2O4. The summed E-state index contributed by atoms with van der Waals surface area (Å²) in [5, 5.41) is 5.65. The van der Waals surface area contributed by atoms with Crippen molar-refractivity contribution in [1.82, 2.24) is 5.32 Å². The van der Waals surface area contributed by atoms with Crippen LogP contribution < -0.4 is 15.4 Å². The van der Waals surface area contributed by atoms with E-state index >= 15 is 0 Å². The highest BCUT2D eigenvalue weighted by molar-refractivity contribution is 6.01. The van der Waals surface area contributed by atoms with Crippen molar-refractivity contribution in [2.75, 3.05) is 12.4 Å². The average molecular weight is 366 g/mol. The molecule has 140 valence electrons. The van der Waals surface area contributed by atoms with Crippen LogP contribution in [0.15, 0.2) is 48.5 Å². The molecular weight excluding hydrogens is 344 g/mol. The maximum absolute atomic E-state index is 12.3. The van der Waals surface area contributed by atoms with Crippen molar-refractivity contribution in [3.8, 4) is 5.75 Å². The van der Waals surface area contributed by atoms with Crippen molar-refractivity contribution in [2.45, 2.75) is 19.9 Å². The van der Waals surface area contributed by atoms with E-state index in [-0.39, 0.29) is 29.4 Å². The second kappa shape index (κ2) is 8.03. The first-order valence-electron chi connectivity index (χ1n) is 8.80. The predicted molar refractivity (Wildman–Crippen MR) is 102 cm³/mol. The van der Waals surface area contributed by atoms with Crippen molar-refractivity contribution >= 4 is 23.3 Å². The van der Waals surface area contributed by atoms with Crippen LogP contribution in [0.25, 0.3) is 0 Å².